The molecule has 0 saturated carbocycles. The van der Waals surface area contributed by atoms with E-state index in [1.807, 2.05) is 19.1 Å². The zero-order chi connectivity index (χ0) is 14.5. The topological polar surface area (TPSA) is 12.0 Å². The Labute approximate surface area is 118 Å². The van der Waals surface area contributed by atoms with Gasteiger partial charge in [0, 0.05) is 6.54 Å². The highest BCUT2D eigenvalue weighted by molar-refractivity contribution is 5.68. The van der Waals surface area contributed by atoms with Gasteiger partial charge in [-0.25, -0.2) is 8.78 Å². The van der Waals surface area contributed by atoms with Crippen molar-refractivity contribution in [3.8, 4) is 11.1 Å². The molecule has 3 heteroatoms. The van der Waals surface area contributed by atoms with Gasteiger partial charge in [0.2, 0.25) is 0 Å². The summed E-state index contributed by atoms with van der Waals surface area (Å²) in [5, 5.41) is 3.31. The van der Waals surface area contributed by atoms with E-state index in [9.17, 15) is 8.78 Å². The van der Waals surface area contributed by atoms with Crippen molar-refractivity contribution in [1.82, 2.24) is 5.32 Å². The normalized spacial score (nSPS) is 10.8. The van der Waals surface area contributed by atoms with Crippen LogP contribution in [-0.2, 0) is 6.54 Å². The number of halogens is 2. The lowest BCUT2D eigenvalue weighted by molar-refractivity contribution is 0.589. The maximum Gasteiger partial charge on any atom is 0.133 e. The van der Waals surface area contributed by atoms with Crippen molar-refractivity contribution in [2.45, 2.75) is 26.8 Å². The van der Waals surface area contributed by atoms with Crippen LogP contribution in [0.1, 0.15) is 24.5 Å². The molecule has 2 aromatic rings. The SMILES string of the molecule is CCCNCc1ccc(-c2c(F)cccc2F)c(C)c1. The van der Waals surface area contributed by atoms with Gasteiger partial charge in [0.1, 0.15) is 11.6 Å². The molecule has 0 aromatic heterocycles. The molecule has 0 heterocycles. The Morgan fingerprint density at radius 1 is 1.05 bits per heavy atom. The Kier molecular flexibility index (Phi) is 4.85. The summed E-state index contributed by atoms with van der Waals surface area (Å²) in [6, 6.07) is 9.64. The van der Waals surface area contributed by atoms with Crippen molar-refractivity contribution in [3.63, 3.8) is 0 Å². The minimum Gasteiger partial charge on any atom is -0.313 e. The number of rotatable bonds is 5. The van der Waals surface area contributed by atoms with Gasteiger partial charge in [-0.2, -0.15) is 0 Å². The average molecular weight is 275 g/mol. The summed E-state index contributed by atoms with van der Waals surface area (Å²) in [4.78, 5) is 0. The van der Waals surface area contributed by atoms with E-state index < -0.39 is 11.6 Å². The first-order valence-corrected chi connectivity index (χ1v) is 6.88. The lowest BCUT2D eigenvalue weighted by Crippen LogP contribution is -2.13. The highest BCUT2D eigenvalue weighted by Gasteiger charge is 2.13. The smallest absolute Gasteiger partial charge is 0.133 e. The van der Waals surface area contributed by atoms with E-state index in [-0.39, 0.29) is 5.56 Å². The van der Waals surface area contributed by atoms with Crippen LogP contribution in [0, 0.1) is 18.6 Å². The van der Waals surface area contributed by atoms with E-state index in [1.54, 1.807) is 6.07 Å². The summed E-state index contributed by atoms with van der Waals surface area (Å²) in [6.07, 6.45) is 1.08. The lowest BCUT2D eigenvalue weighted by atomic mass is 9.97. The summed E-state index contributed by atoms with van der Waals surface area (Å²) in [6.45, 7) is 5.73. The van der Waals surface area contributed by atoms with Crippen LogP contribution in [0.15, 0.2) is 36.4 Å². The Balaban J connectivity index is 2.30. The van der Waals surface area contributed by atoms with Gasteiger partial charge in [0.05, 0.1) is 5.56 Å². The van der Waals surface area contributed by atoms with Gasteiger partial charge in [-0.15, -0.1) is 0 Å². The number of nitrogens with one attached hydrogen (secondary N) is 1. The van der Waals surface area contributed by atoms with E-state index in [1.165, 1.54) is 18.2 Å². The van der Waals surface area contributed by atoms with Gasteiger partial charge in [0.15, 0.2) is 0 Å². The highest BCUT2D eigenvalue weighted by Crippen LogP contribution is 2.29. The van der Waals surface area contributed by atoms with E-state index in [2.05, 4.69) is 12.2 Å². The van der Waals surface area contributed by atoms with Gasteiger partial charge in [-0.1, -0.05) is 31.2 Å². The first kappa shape index (κ1) is 14.7. The molecule has 0 unspecified atom stereocenters. The Hall–Kier alpha value is -1.74. The predicted octanol–water partition coefficient (Wildman–Crippen LogP) is 4.44. The molecule has 20 heavy (non-hydrogen) atoms. The summed E-state index contributed by atoms with van der Waals surface area (Å²) in [5.41, 5.74) is 2.67. The molecule has 1 nitrogen and oxygen atoms in total. The van der Waals surface area contributed by atoms with Crippen molar-refractivity contribution < 1.29 is 8.78 Å². The van der Waals surface area contributed by atoms with Crippen LogP contribution >= 0.6 is 0 Å². The number of benzene rings is 2. The molecule has 0 aliphatic carbocycles. The highest BCUT2D eigenvalue weighted by atomic mass is 19.1. The molecular weight excluding hydrogens is 256 g/mol. The Morgan fingerprint density at radius 3 is 2.35 bits per heavy atom. The van der Waals surface area contributed by atoms with Gasteiger partial charge >= 0.3 is 0 Å². The maximum atomic E-state index is 13.8. The van der Waals surface area contributed by atoms with E-state index in [0.717, 1.165) is 30.6 Å². The molecule has 0 aliphatic rings. The van der Waals surface area contributed by atoms with Gasteiger partial charge in [0.25, 0.3) is 0 Å². The van der Waals surface area contributed by atoms with Crippen molar-refractivity contribution in [3.05, 3.63) is 59.2 Å². The third-order valence-corrected chi connectivity index (χ3v) is 3.28. The molecule has 0 radical (unpaired) electrons. The van der Waals surface area contributed by atoms with Gasteiger partial charge in [-0.3, -0.25) is 0 Å². The van der Waals surface area contributed by atoms with E-state index in [0.29, 0.717) is 5.56 Å². The predicted molar refractivity (Wildman–Crippen MR) is 78.5 cm³/mol. The molecule has 0 atom stereocenters. The largest absolute Gasteiger partial charge is 0.313 e. The second-order valence-electron chi connectivity index (χ2n) is 4.92. The molecule has 1 N–H and O–H groups in total. The molecule has 0 fully saturated rings. The second-order valence-corrected chi connectivity index (χ2v) is 4.92. The van der Waals surface area contributed by atoms with E-state index >= 15 is 0 Å². The molecule has 0 bridgehead atoms. The van der Waals surface area contributed by atoms with Crippen LogP contribution < -0.4 is 5.32 Å². The fourth-order valence-corrected chi connectivity index (χ4v) is 2.28. The van der Waals surface area contributed by atoms with Crippen molar-refractivity contribution in [2.75, 3.05) is 6.54 Å². The third-order valence-electron chi connectivity index (χ3n) is 3.28. The fourth-order valence-electron chi connectivity index (χ4n) is 2.28. The zero-order valence-corrected chi connectivity index (χ0v) is 11.8. The van der Waals surface area contributed by atoms with Crippen LogP contribution in [0.5, 0.6) is 0 Å². The monoisotopic (exact) mass is 275 g/mol. The fraction of sp³-hybridized carbons (Fsp3) is 0.294. The molecule has 0 spiro atoms. The summed E-state index contributed by atoms with van der Waals surface area (Å²) in [7, 11) is 0. The van der Waals surface area contributed by atoms with Crippen LogP contribution in [0.3, 0.4) is 0 Å². The van der Waals surface area contributed by atoms with Crippen LogP contribution in [-0.4, -0.2) is 6.54 Å². The molecule has 0 amide bonds. The minimum atomic E-state index is -0.523. The average Bonchev–Trinajstić information content (AvgIpc) is 2.41. The maximum absolute atomic E-state index is 13.8. The van der Waals surface area contributed by atoms with Crippen molar-refractivity contribution in [2.24, 2.45) is 0 Å². The number of hydrogen-bond acceptors (Lipinski definition) is 1. The second kappa shape index (κ2) is 6.62. The first-order chi connectivity index (χ1) is 9.63. The van der Waals surface area contributed by atoms with Crippen LogP contribution in [0.4, 0.5) is 8.78 Å². The summed E-state index contributed by atoms with van der Waals surface area (Å²) < 4.78 is 27.6. The van der Waals surface area contributed by atoms with Gasteiger partial charge in [-0.05, 0) is 48.7 Å². The van der Waals surface area contributed by atoms with E-state index in [4.69, 9.17) is 0 Å². The number of hydrogen-bond donors (Lipinski definition) is 1. The van der Waals surface area contributed by atoms with Crippen molar-refractivity contribution in [1.29, 1.82) is 0 Å². The van der Waals surface area contributed by atoms with Gasteiger partial charge < -0.3 is 5.32 Å². The molecule has 2 rings (SSSR count). The molecule has 0 saturated heterocycles. The Morgan fingerprint density at radius 2 is 1.75 bits per heavy atom. The standard InChI is InChI=1S/C17H19F2N/c1-3-9-20-11-13-7-8-14(12(2)10-13)17-15(18)5-4-6-16(17)19/h4-8,10,20H,3,9,11H2,1-2H3. The summed E-state index contributed by atoms with van der Waals surface area (Å²) >= 11 is 0. The summed E-state index contributed by atoms with van der Waals surface area (Å²) in [5.74, 6) is -1.05. The first-order valence-electron chi connectivity index (χ1n) is 6.88. The number of aryl methyl sites for hydroxylation is 1. The van der Waals surface area contributed by atoms with Crippen LogP contribution in [0.2, 0.25) is 0 Å². The zero-order valence-electron chi connectivity index (χ0n) is 11.8. The minimum absolute atomic E-state index is 0.0538. The lowest BCUT2D eigenvalue weighted by Gasteiger charge is -2.11. The molecule has 0 aliphatic heterocycles. The third kappa shape index (κ3) is 3.23. The Bertz CT molecular complexity index is 573. The van der Waals surface area contributed by atoms with Crippen LogP contribution in [0.25, 0.3) is 11.1 Å². The molecule has 106 valence electrons. The molecule has 2 aromatic carbocycles. The quantitative estimate of drug-likeness (QED) is 0.795. The molecular formula is C17H19F2N. The van der Waals surface area contributed by atoms with Crippen molar-refractivity contribution >= 4 is 0 Å².